The van der Waals surface area contributed by atoms with Crippen LogP contribution in [0.15, 0.2) is 0 Å². The number of likely N-dealkylation sites (tertiary alicyclic amines) is 1. The Kier molecular flexibility index (Phi) is 20.3. The van der Waals surface area contributed by atoms with Gasteiger partial charge >= 0.3 is 5.97 Å². The molecule has 0 aromatic rings. The van der Waals surface area contributed by atoms with E-state index in [2.05, 4.69) is 42.5 Å². The minimum Gasteiger partial charge on any atom is -0.480 e. The Hall–Kier alpha value is -5.05. The number of carbonyl (C=O) groups excluding carboxylic acids is 7. The number of aliphatic hydroxyl groups is 1. The second kappa shape index (κ2) is 24.0. The zero-order chi connectivity index (χ0) is 43.7. The Morgan fingerprint density at radius 1 is 0.776 bits per heavy atom. The molecule has 21 nitrogen and oxygen atoms in total. The summed E-state index contributed by atoms with van der Waals surface area (Å²) in [5, 5.41) is 47.8. The summed E-state index contributed by atoms with van der Waals surface area (Å²) < 4.78 is 0. The molecule has 0 bridgehead atoms. The average Bonchev–Trinajstić information content (AvgIpc) is 3.87. The highest BCUT2D eigenvalue weighted by Crippen LogP contribution is 2.21. The van der Waals surface area contributed by atoms with Gasteiger partial charge in [0, 0.05) is 13.1 Å². The highest BCUT2D eigenvalue weighted by molar-refractivity contribution is 5.97. The zero-order valence-corrected chi connectivity index (χ0v) is 34.4. The summed E-state index contributed by atoms with van der Waals surface area (Å²) in [6.45, 7) is 9.99. The predicted octanol–water partition coefficient (Wildman–Crippen LogP) is -3.03. The number of carboxylic acids is 1. The summed E-state index contributed by atoms with van der Waals surface area (Å²) >= 11 is 0. The molecular weight excluding hydrogens is 758 g/mol. The summed E-state index contributed by atoms with van der Waals surface area (Å²) in [6, 6.07) is -7.36. The predicted molar refractivity (Wildman–Crippen MR) is 211 cm³/mol. The number of carboxylic acid groups (broad SMARTS) is 1. The first-order valence-electron chi connectivity index (χ1n) is 20.0. The molecule has 0 unspecified atom stereocenters. The quantitative estimate of drug-likeness (QED) is 0.0278. The van der Waals surface area contributed by atoms with Gasteiger partial charge in [-0.3, -0.25) is 39.0 Å². The fraction of sp³-hybridized carbons (Fsp3) is 0.757. The number of hydrogen-bond acceptors (Lipinski definition) is 11. The molecule has 0 spiro atoms. The summed E-state index contributed by atoms with van der Waals surface area (Å²) in [7, 11) is 0. The van der Waals surface area contributed by atoms with Crippen molar-refractivity contribution >= 4 is 53.3 Å². The molecule has 2 saturated heterocycles. The molecule has 328 valence electrons. The average molecular weight is 824 g/mol. The summed E-state index contributed by atoms with van der Waals surface area (Å²) in [6.07, 6.45) is 2.94. The SMILES string of the molecule is CC(C)C[C@H](NC(=O)[C@@H]1CCCN1)C(=O)N1CCC[C@H]1C(=O)N[C@@H](CO)C(=O)NCC(=O)N[C@H](C(=O)N[C@@H](CCCNC(=N)N)C(=O)N[C@H](C(=O)O)C(C)C)C(C)C. The number of carbonyl (C=O) groups is 8. The van der Waals surface area contributed by atoms with Crippen molar-refractivity contribution in [2.45, 2.75) is 129 Å². The molecule has 0 saturated carbocycles. The number of amides is 7. The topological polar surface area (TPSA) is 326 Å². The Morgan fingerprint density at radius 3 is 1.98 bits per heavy atom. The number of rotatable bonds is 23. The van der Waals surface area contributed by atoms with Gasteiger partial charge in [0.15, 0.2) is 5.96 Å². The van der Waals surface area contributed by atoms with Gasteiger partial charge in [0.05, 0.1) is 19.2 Å². The maximum Gasteiger partial charge on any atom is 0.326 e. The smallest absolute Gasteiger partial charge is 0.326 e. The van der Waals surface area contributed by atoms with Crippen molar-refractivity contribution in [2.24, 2.45) is 23.5 Å². The number of nitrogens with one attached hydrogen (secondary N) is 9. The second-order valence-electron chi connectivity index (χ2n) is 15.9. The van der Waals surface area contributed by atoms with E-state index in [1.54, 1.807) is 27.7 Å². The highest BCUT2D eigenvalue weighted by atomic mass is 16.4. The molecule has 2 rings (SSSR count). The van der Waals surface area contributed by atoms with Gasteiger partial charge in [0.2, 0.25) is 41.4 Å². The monoisotopic (exact) mass is 823 g/mol. The fourth-order valence-electron chi connectivity index (χ4n) is 6.72. The standard InChI is InChI=1S/C37H65N11O10/c1-19(2)16-24(44-31(52)22-10-7-13-40-22)35(56)48-15-9-12-26(48)33(54)45-25(18-49)30(51)42-17-27(50)46-28(20(3)4)34(55)43-23(11-8-14-41-37(38)39)32(53)47-29(21(5)6)36(57)58/h19-26,28-29,40,49H,7-18H2,1-6H3,(H,42,51)(H,43,55)(H,44,52)(H,45,54)(H,46,50)(H,47,53)(H,57,58)(H4,38,39,41)/t22-,23-,24-,25-,26-,28-,29-/m0/s1. The summed E-state index contributed by atoms with van der Waals surface area (Å²) in [4.78, 5) is 106. The van der Waals surface area contributed by atoms with E-state index in [0.717, 1.165) is 6.42 Å². The lowest BCUT2D eigenvalue weighted by Crippen LogP contribution is -2.59. The first-order chi connectivity index (χ1) is 27.3. The number of nitrogens with two attached hydrogens (primary N) is 1. The molecule has 0 aromatic carbocycles. The van der Waals surface area contributed by atoms with E-state index in [-0.39, 0.29) is 43.7 Å². The van der Waals surface area contributed by atoms with Gasteiger partial charge in [-0.1, -0.05) is 41.5 Å². The molecule has 2 heterocycles. The van der Waals surface area contributed by atoms with Gasteiger partial charge < -0.3 is 63.4 Å². The van der Waals surface area contributed by atoms with Crippen LogP contribution in [0.4, 0.5) is 0 Å². The van der Waals surface area contributed by atoms with Crippen LogP contribution >= 0.6 is 0 Å². The maximum absolute atomic E-state index is 13.7. The summed E-state index contributed by atoms with van der Waals surface area (Å²) in [5.74, 6) is -7.10. The Bertz CT molecular complexity index is 1470. The van der Waals surface area contributed by atoms with Gasteiger partial charge in [-0.2, -0.15) is 0 Å². The van der Waals surface area contributed by atoms with Crippen LogP contribution in [-0.2, 0) is 38.4 Å². The Balaban J connectivity index is 2.04. The van der Waals surface area contributed by atoms with E-state index in [9.17, 15) is 48.6 Å². The van der Waals surface area contributed by atoms with Gasteiger partial charge in [-0.15, -0.1) is 0 Å². The number of nitrogens with zero attached hydrogens (tertiary/aromatic N) is 1. The van der Waals surface area contributed by atoms with Crippen LogP contribution in [0.1, 0.15) is 86.5 Å². The number of aliphatic hydroxyl groups excluding tert-OH is 1. The first kappa shape index (κ1) is 49.1. The molecular formula is C37H65N11O10. The zero-order valence-electron chi connectivity index (χ0n) is 34.4. The van der Waals surface area contributed by atoms with Gasteiger partial charge in [0.1, 0.15) is 36.3 Å². The Labute approximate surface area is 339 Å². The molecule has 7 atom stereocenters. The minimum atomic E-state index is -1.49. The molecule has 0 aromatic heterocycles. The van der Waals surface area contributed by atoms with Crippen LogP contribution in [0.5, 0.6) is 0 Å². The van der Waals surface area contributed by atoms with E-state index in [1.807, 2.05) is 13.8 Å². The number of hydrogen-bond donors (Lipinski definition) is 12. The van der Waals surface area contributed by atoms with Crippen molar-refractivity contribution in [3.8, 4) is 0 Å². The van der Waals surface area contributed by atoms with Crippen molar-refractivity contribution in [1.29, 1.82) is 5.41 Å². The third-order valence-electron chi connectivity index (χ3n) is 9.89. The van der Waals surface area contributed by atoms with Gasteiger partial charge in [0.25, 0.3) is 0 Å². The van der Waals surface area contributed by atoms with Crippen LogP contribution in [0.3, 0.4) is 0 Å². The van der Waals surface area contributed by atoms with E-state index < -0.39 is 109 Å². The lowest BCUT2D eigenvalue weighted by molar-refractivity contribution is -0.143. The van der Waals surface area contributed by atoms with Crippen molar-refractivity contribution in [3.63, 3.8) is 0 Å². The van der Waals surface area contributed by atoms with Crippen molar-refractivity contribution in [3.05, 3.63) is 0 Å². The van der Waals surface area contributed by atoms with Crippen molar-refractivity contribution in [2.75, 3.05) is 32.8 Å². The second-order valence-corrected chi connectivity index (χ2v) is 15.9. The minimum absolute atomic E-state index is 0.0331. The van der Waals surface area contributed by atoms with Gasteiger partial charge in [-0.05, 0) is 69.2 Å². The number of guanidine groups is 1. The van der Waals surface area contributed by atoms with Gasteiger partial charge in [-0.25, -0.2) is 4.79 Å². The van der Waals surface area contributed by atoms with E-state index in [4.69, 9.17) is 11.1 Å². The van der Waals surface area contributed by atoms with E-state index in [1.165, 1.54) is 4.90 Å². The third kappa shape index (κ3) is 15.7. The molecule has 0 radical (unpaired) electrons. The van der Waals surface area contributed by atoms with Crippen LogP contribution < -0.4 is 48.3 Å². The Morgan fingerprint density at radius 2 is 1.43 bits per heavy atom. The maximum atomic E-state index is 13.7. The van der Waals surface area contributed by atoms with Crippen LogP contribution in [0.25, 0.3) is 0 Å². The van der Waals surface area contributed by atoms with Crippen molar-refractivity contribution in [1.82, 2.24) is 47.4 Å². The molecule has 2 aliphatic rings. The third-order valence-corrected chi connectivity index (χ3v) is 9.89. The van der Waals surface area contributed by atoms with Crippen LogP contribution in [0.2, 0.25) is 0 Å². The highest BCUT2D eigenvalue weighted by Gasteiger charge is 2.40. The van der Waals surface area contributed by atoms with Crippen molar-refractivity contribution < 1.29 is 48.6 Å². The van der Waals surface area contributed by atoms with Crippen LogP contribution in [-0.4, -0.2) is 143 Å². The van der Waals surface area contributed by atoms with E-state index >= 15 is 0 Å². The molecule has 2 fully saturated rings. The molecule has 21 heteroatoms. The molecule has 13 N–H and O–H groups in total. The van der Waals surface area contributed by atoms with Crippen LogP contribution in [0, 0.1) is 23.2 Å². The fourth-order valence-corrected chi connectivity index (χ4v) is 6.72. The lowest BCUT2D eigenvalue weighted by atomic mass is 10.0. The summed E-state index contributed by atoms with van der Waals surface area (Å²) in [5.41, 5.74) is 5.32. The normalized spacial score (nSPS) is 19.0. The molecule has 58 heavy (non-hydrogen) atoms. The lowest BCUT2D eigenvalue weighted by Gasteiger charge is -2.30. The largest absolute Gasteiger partial charge is 0.480 e. The van der Waals surface area contributed by atoms with E-state index in [0.29, 0.717) is 32.2 Å². The molecule has 2 aliphatic heterocycles. The molecule has 7 amide bonds. The first-order valence-corrected chi connectivity index (χ1v) is 20.0. The number of aliphatic carboxylic acids is 1. The molecule has 0 aliphatic carbocycles.